The highest BCUT2D eigenvalue weighted by atomic mass is 16.7. The lowest BCUT2D eigenvalue weighted by atomic mass is 10.2. The highest BCUT2D eigenvalue weighted by molar-refractivity contribution is 4.69. The highest BCUT2D eigenvalue weighted by Gasteiger charge is 2.24. The van der Waals surface area contributed by atoms with Crippen molar-refractivity contribution < 1.29 is 14.2 Å². The Kier molecular flexibility index (Phi) is 3.79. The molecule has 14 heavy (non-hydrogen) atoms. The maximum absolute atomic E-state index is 5.90. The van der Waals surface area contributed by atoms with Gasteiger partial charge in [-0.1, -0.05) is 12.8 Å². The summed E-state index contributed by atoms with van der Waals surface area (Å²) < 4.78 is 17.0. The molecule has 2 rings (SSSR count). The van der Waals surface area contributed by atoms with E-state index in [0.717, 1.165) is 6.42 Å². The summed E-state index contributed by atoms with van der Waals surface area (Å²) in [7, 11) is 0. The van der Waals surface area contributed by atoms with Gasteiger partial charge in [-0.25, -0.2) is 0 Å². The molecule has 3 nitrogen and oxygen atoms in total. The molecule has 1 aliphatic heterocycles. The van der Waals surface area contributed by atoms with Crippen LogP contribution >= 0.6 is 0 Å². The molecule has 1 heterocycles. The van der Waals surface area contributed by atoms with Crippen LogP contribution in [0.25, 0.3) is 0 Å². The first-order chi connectivity index (χ1) is 6.84. The van der Waals surface area contributed by atoms with Gasteiger partial charge in [0, 0.05) is 6.42 Å². The van der Waals surface area contributed by atoms with Gasteiger partial charge in [-0.15, -0.1) is 0 Å². The van der Waals surface area contributed by atoms with Gasteiger partial charge in [0.25, 0.3) is 0 Å². The predicted octanol–water partition coefficient (Wildman–Crippen LogP) is 2.10. The molecular weight excluding hydrogens is 180 g/mol. The maximum atomic E-state index is 5.90. The largest absolute Gasteiger partial charge is 0.376 e. The minimum Gasteiger partial charge on any atom is -0.376 e. The van der Waals surface area contributed by atoms with Crippen LogP contribution in [0, 0.1) is 0 Å². The van der Waals surface area contributed by atoms with Crippen molar-refractivity contribution in [2.75, 3.05) is 13.2 Å². The molecule has 1 aliphatic carbocycles. The molecule has 0 spiro atoms. The Hall–Kier alpha value is -0.120. The fourth-order valence-electron chi connectivity index (χ4n) is 2.17. The van der Waals surface area contributed by atoms with Crippen LogP contribution in [-0.4, -0.2) is 31.7 Å². The van der Waals surface area contributed by atoms with Crippen molar-refractivity contribution >= 4 is 0 Å². The predicted molar refractivity (Wildman–Crippen MR) is 53.1 cm³/mol. The zero-order valence-electron chi connectivity index (χ0n) is 8.91. The third-order valence-electron chi connectivity index (χ3n) is 2.96. The zero-order valence-corrected chi connectivity index (χ0v) is 8.91. The van der Waals surface area contributed by atoms with Crippen LogP contribution in [0.2, 0.25) is 0 Å². The highest BCUT2D eigenvalue weighted by Crippen LogP contribution is 2.24. The van der Waals surface area contributed by atoms with Crippen molar-refractivity contribution in [2.45, 2.75) is 57.5 Å². The van der Waals surface area contributed by atoms with Crippen LogP contribution in [0.4, 0.5) is 0 Å². The standard InChI is InChI=1S/C11H20O3/c1-9-8-11(13-7-6-12-9)14-10-4-2-3-5-10/h9-11H,2-8H2,1H3/t9-,11-/m1/s1. The fourth-order valence-corrected chi connectivity index (χ4v) is 2.17. The van der Waals surface area contributed by atoms with Crippen molar-refractivity contribution in [3.63, 3.8) is 0 Å². The van der Waals surface area contributed by atoms with Gasteiger partial charge in [0.15, 0.2) is 6.29 Å². The van der Waals surface area contributed by atoms with Crippen molar-refractivity contribution in [1.82, 2.24) is 0 Å². The van der Waals surface area contributed by atoms with Gasteiger partial charge in [0.05, 0.1) is 25.4 Å². The van der Waals surface area contributed by atoms with Crippen LogP contribution in [0.5, 0.6) is 0 Å². The Morgan fingerprint density at radius 2 is 1.79 bits per heavy atom. The second kappa shape index (κ2) is 5.10. The van der Waals surface area contributed by atoms with E-state index in [1.165, 1.54) is 25.7 Å². The third-order valence-corrected chi connectivity index (χ3v) is 2.96. The summed E-state index contributed by atoms with van der Waals surface area (Å²) in [5, 5.41) is 0. The lowest BCUT2D eigenvalue weighted by Crippen LogP contribution is -2.25. The molecular formula is C11H20O3. The van der Waals surface area contributed by atoms with Gasteiger partial charge in [0.1, 0.15) is 0 Å². The Labute approximate surface area is 85.7 Å². The van der Waals surface area contributed by atoms with Crippen LogP contribution in [0.3, 0.4) is 0 Å². The molecule has 1 saturated carbocycles. The Morgan fingerprint density at radius 1 is 1.07 bits per heavy atom. The topological polar surface area (TPSA) is 27.7 Å². The Balaban J connectivity index is 1.77. The molecule has 0 aromatic heterocycles. The van der Waals surface area contributed by atoms with Crippen molar-refractivity contribution in [1.29, 1.82) is 0 Å². The van der Waals surface area contributed by atoms with Crippen molar-refractivity contribution in [3.8, 4) is 0 Å². The molecule has 0 aromatic carbocycles. The van der Waals surface area contributed by atoms with E-state index in [-0.39, 0.29) is 12.4 Å². The van der Waals surface area contributed by atoms with Crippen LogP contribution in [0.15, 0.2) is 0 Å². The minimum atomic E-state index is -0.0319. The van der Waals surface area contributed by atoms with Gasteiger partial charge in [-0.3, -0.25) is 0 Å². The van der Waals surface area contributed by atoms with E-state index in [4.69, 9.17) is 14.2 Å². The lowest BCUT2D eigenvalue weighted by molar-refractivity contribution is -0.166. The summed E-state index contributed by atoms with van der Waals surface area (Å²) >= 11 is 0. The lowest BCUT2D eigenvalue weighted by Gasteiger charge is -2.21. The molecule has 82 valence electrons. The number of hydrogen-bond acceptors (Lipinski definition) is 3. The molecule has 0 amide bonds. The fraction of sp³-hybridized carbons (Fsp3) is 1.00. The molecule has 3 heteroatoms. The van der Waals surface area contributed by atoms with E-state index >= 15 is 0 Å². The molecule has 0 N–H and O–H groups in total. The summed E-state index contributed by atoms with van der Waals surface area (Å²) in [4.78, 5) is 0. The van der Waals surface area contributed by atoms with Crippen LogP contribution < -0.4 is 0 Å². The zero-order chi connectivity index (χ0) is 9.80. The smallest absolute Gasteiger partial charge is 0.160 e. The molecule has 0 radical (unpaired) electrons. The van der Waals surface area contributed by atoms with E-state index < -0.39 is 0 Å². The molecule has 0 aromatic rings. The number of rotatable bonds is 2. The van der Waals surface area contributed by atoms with Gasteiger partial charge >= 0.3 is 0 Å². The van der Waals surface area contributed by atoms with Crippen LogP contribution in [0.1, 0.15) is 39.0 Å². The van der Waals surface area contributed by atoms with E-state index in [9.17, 15) is 0 Å². The SMILES string of the molecule is C[C@@H]1C[C@@H](OC2CCCC2)OCCO1. The van der Waals surface area contributed by atoms with Gasteiger partial charge < -0.3 is 14.2 Å². The number of ether oxygens (including phenoxy) is 3. The Morgan fingerprint density at radius 3 is 2.57 bits per heavy atom. The van der Waals surface area contributed by atoms with E-state index in [1.54, 1.807) is 0 Å². The molecule has 2 fully saturated rings. The first kappa shape index (κ1) is 10.4. The molecule has 2 aliphatic rings. The Bertz CT molecular complexity index is 166. The van der Waals surface area contributed by atoms with Gasteiger partial charge in [-0.05, 0) is 19.8 Å². The third kappa shape index (κ3) is 2.94. The average Bonchev–Trinajstić information content (AvgIpc) is 2.56. The summed E-state index contributed by atoms with van der Waals surface area (Å²) in [5.41, 5.74) is 0. The molecule has 0 unspecified atom stereocenters. The normalized spacial score (nSPS) is 35.8. The van der Waals surface area contributed by atoms with Gasteiger partial charge in [-0.2, -0.15) is 0 Å². The average molecular weight is 200 g/mol. The van der Waals surface area contributed by atoms with E-state index in [0.29, 0.717) is 19.3 Å². The van der Waals surface area contributed by atoms with Crippen molar-refractivity contribution in [2.24, 2.45) is 0 Å². The van der Waals surface area contributed by atoms with E-state index in [2.05, 4.69) is 6.92 Å². The monoisotopic (exact) mass is 200 g/mol. The second-order valence-corrected chi connectivity index (χ2v) is 4.26. The first-order valence-corrected chi connectivity index (χ1v) is 5.73. The minimum absolute atomic E-state index is 0.0319. The summed E-state index contributed by atoms with van der Waals surface area (Å²) in [5.74, 6) is 0. The van der Waals surface area contributed by atoms with Crippen molar-refractivity contribution in [3.05, 3.63) is 0 Å². The van der Waals surface area contributed by atoms with Crippen LogP contribution in [-0.2, 0) is 14.2 Å². The summed E-state index contributed by atoms with van der Waals surface area (Å²) in [6.45, 7) is 3.45. The molecule has 2 atom stereocenters. The summed E-state index contributed by atoms with van der Waals surface area (Å²) in [6.07, 6.45) is 6.57. The molecule has 0 bridgehead atoms. The van der Waals surface area contributed by atoms with Gasteiger partial charge in [0.2, 0.25) is 0 Å². The second-order valence-electron chi connectivity index (χ2n) is 4.26. The maximum Gasteiger partial charge on any atom is 0.160 e. The first-order valence-electron chi connectivity index (χ1n) is 5.73. The number of hydrogen-bond donors (Lipinski definition) is 0. The van der Waals surface area contributed by atoms with E-state index in [1.807, 2.05) is 0 Å². The summed E-state index contributed by atoms with van der Waals surface area (Å²) in [6, 6.07) is 0. The molecule has 1 saturated heterocycles. The quantitative estimate of drug-likeness (QED) is 0.683.